The van der Waals surface area contributed by atoms with E-state index in [1.807, 2.05) is 0 Å². The topological polar surface area (TPSA) is 34.1 Å². The van der Waals surface area contributed by atoms with E-state index in [9.17, 15) is 0 Å². The number of methoxy groups -OCH3 is 1. The molecule has 0 amide bonds. The van der Waals surface area contributed by atoms with Crippen molar-refractivity contribution in [2.24, 2.45) is 0 Å². The molecule has 1 aromatic carbocycles. The number of thiazole rings is 1. The van der Waals surface area contributed by atoms with Gasteiger partial charge in [0.2, 0.25) is 0 Å². The van der Waals surface area contributed by atoms with Crippen LogP contribution >= 0.6 is 27.3 Å². The number of benzene rings is 1. The predicted octanol–water partition coefficient (Wildman–Crippen LogP) is 4.16. The largest absolute Gasteiger partial charge is 0.383 e. The second kappa shape index (κ2) is 7.49. The standard InChI is InChI=1S/C16H21BrN2OS/c1-10-5-6-13(9-14(10)17)15(18-7-8-20-4)16-19-11(2)12(3)21-16/h5-6,9,15,18H,7-8H2,1-4H3. The Balaban J connectivity index is 2.32. The van der Waals surface area contributed by atoms with Crippen molar-refractivity contribution >= 4 is 27.3 Å². The molecule has 0 saturated carbocycles. The first-order valence-corrected chi connectivity index (χ1v) is 8.56. The van der Waals surface area contributed by atoms with Gasteiger partial charge in [-0.3, -0.25) is 0 Å². The molecule has 0 aliphatic heterocycles. The third-order valence-corrected chi connectivity index (χ3v) is 5.47. The molecule has 1 unspecified atom stereocenters. The highest BCUT2D eigenvalue weighted by Crippen LogP contribution is 2.30. The highest BCUT2D eigenvalue weighted by atomic mass is 79.9. The Labute approximate surface area is 138 Å². The molecule has 0 bridgehead atoms. The number of hydrogen-bond donors (Lipinski definition) is 1. The lowest BCUT2D eigenvalue weighted by molar-refractivity contribution is 0.197. The summed E-state index contributed by atoms with van der Waals surface area (Å²) in [7, 11) is 1.72. The van der Waals surface area contributed by atoms with Gasteiger partial charge in [0, 0.05) is 23.0 Å². The number of nitrogens with one attached hydrogen (secondary N) is 1. The van der Waals surface area contributed by atoms with Gasteiger partial charge in [0.25, 0.3) is 0 Å². The summed E-state index contributed by atoms with van der Waals surface area (Å²) in [5.41, 5.74) is 3.57. The van der Waals surface area contributed by atoms with Crippen LogP contribution in [0.1, 0.15) is 32.7 Å². The average Bonchev–Trinajstić information content (AvgIpc) is 2.78. The maximum Gasteiger partial charge on any atom is 0.115 e. The van der Waals surface area contributed by atoms with Crippen molar-refractivity contribution in [1.82, 2.24) is 10.3 Å². The van der Waals surface area contributed by atoms with Crippen molar-refractivity contribution in [1.29, 1.82) is 0 Å². The van der Waals surface area contributed by atoms with E-state index < -0.39 is 0 Å². The molecule has 0 aliphatic rings. The van der Waals surface area contributed by atoms with Crippen molar-refractivity contribution in [3.05, 3.63) is 49.4 Å². The van der Waals surface area contributed by atoms with E-state index in [0.717, 1.165) is 21.7 Å². The van der Waals surface area contributed by atoms with Crippen LogP contribution in [-0.2, 0) is 4.74 Å². The number of aromatic nitrogens is 1. The molecule has 0 fully saturated rings. The molecule has 3 nitrogen and oxygen atoms in total. The molecule has 21 heavy (non-hydrogen) atoms. The maximum absolute atomic E-state index is 5.15. The molecule has 2 rings (SSSR count). The molecule has 1 N–H and O–H groups in total. The second-order valence-corrected chi connectivity index (χ2v) is 7.17. The average molecular weight is 369 g/mol. The summed E-state index contributed by atoms with van der Waals surface area (Å²) >= 11 is 5.37. The Morgan fingerprint density at radius 1 is 1.33 bits per heavy atom. The zero-order valence-electron chi connectivity index (χ0n) is 12.9. The molecule has 114 valence electrons. The van der Waals surface area contributed by atoms with Crippen LogP contribution < -0.4 is 5.32 Å². The lowest BCUT2D eigenvalue weighted by Crippen LogP contribution is -2.26. The van der Waals surface area contributed by atoms with Crippen molar-refractivity contribution < 1.29 is 4.74 Å². The van der Waals surface area contributed by atoms with E-state index >= 15 is 0 Å². The van der Waals surface area contributed by atoms with E-state index in [0.29, 0.717) is 6.61 Å². The fourth-order valence-electron chi connectivity index (χ4n) is 2.06. The first-order valence-electron chi connectivity index (χ1n) is 6.95. The van der Waals surface area contributed by atoms with Crippen LogP contribution in [0.15, 0.2) is 22.7 Å². The molecular formula is C16H21BrN2OS. The fraction of sp³-hybridized carbons (Fsp3) is 0.438. The molecule has 1 atom stereocenters. The normalized spacial score (nSPS) is 12.6. The first-order chi connectivity index (χ1) is 10.0. The zero-order chi connectivity index (χ0) is 15.4. The quantitative estimate of drug-likeness (QED) is 0.777. The Bertz CT molecular complexity index is 593. The summed E-state index contributed by atoms with van der Waals surface area (Å²) in [5.74, 6) is 0. The third-order valence-electron chi connectivity index (χ3n) is 3.48. The van der Waals surface area contributed by atoms with Crippen LogP contribution in [0.5, 0.6) is 0 Å². The summed E-state index contributed by atoms with van der Waals surface area (Å²) in [5, 5.41) is 4.65. The van der Waals surface area contributed by atoms with Crippen molar-refractivity contribution in [3.8, 4) is 0 Å². The van der Waals surface area contributed by atoms with Gasteiger partial charge in [-0.1, -0.05) is 28.1 Å². The van der Waals surface area contributed by atoms with Crippen LogP contribution in [0.3, 0.4) is 0 Å². The second-order valence-electron chi connectivity index (χ2n) is 5.08. The molecule has 0 radical (unpaired) electrons. The van der Waals surface area contributed by atoms with Gasteiger partial charge in [0.15, 0.2) is 0 Å². The minimum atomic E-state index is 0.106. The van der Waals surface area contributed by atoms with Gasteiger partial charge in [-0.05, 0) is 38.0 Å². The summed E-state index contributed by atoms with van der Waals surface area (Å²) in [6.07, 6.45) is 0. The SMILES string of the molecule is COCCNC(c1ccc(C)c(Br)c1)c1nc(C)c(C)s1. The number of nitrogens with zero attached hydrogens (tertiary/aromatic N) is 1. The molecule has 5 heteroatoms. The summed E-state index contributed by atoms with van der Waals surface area (Å²) in [6.45, 7) is 7.76. The molecule has 0 saturated heterocycles. The zero-order valence-corrected chi connectivity index (χ0v) is 15.3. The number of aryl methyl sites for hydroxylation is 3. The summed E-state index contributed by atoms with van der Waals surface area (Å²) < 4.78 is 6.28. The summed E-state index contributed by atoms with van der Waals surface area (Å²) in [6, 6.07) is 6.58. The number of halogens is 1. The minimum absolute atomic E-state index is 0.106. The van der Waals surface area contributed by atoms with Gasteiger partial charge >= 0.3 is 0 Å². The Morgan fingerprint density at radius 2 is 2.10 bits per heavy atom. The first kappa shape index (κ1) is 16.6. The van der Waals surface area contributed by atoms with Crippen molar-refractivity contribution in [3.63, 3.8) is 0 Å². The molecule has 1 aromatic heterocycles. The predicted molar refractivity (Wildman–Crippen MR) is 92.2 cm³/mol. The highest BCUT2D eigenvalue weighted by Gasteiger charge is 2.18. The third kappa shape index (κ3) is 4.13. The van der Waals surface area contributed by atoms with Gasteiger partial charge in [-0.15, -0.1) is 11.3 Å². The van der Waals surface area contributed by atoms with Gasteiger partial charge < -0.3 is 10.1 Å². The smallest absolute Gasteiger partial charge is 0.115 e. The van der Waals surface area contributed by atoms with Crippen molar-refractivity contribution in [2.45, 2.75) is 26.8 Å². The lowest BCUT2D eigenvalue weighted by Gasteiger charge is -2.18. The molecule has 0 spiro atoms. The lowest BCUT2D eigenvalue weighted by atomic mass is 10.1. The minimum Gasteiger partial charge on any atom is -0.383 e. The Kier molecular flexibility index (Phi) is 5.93. The Hall–Kier alpha value is -0.750. The number of hydrogen-bond acceptors (Lipinski definition) is 4. The fourth-order valence-corrected chi connectivity index (χ4v) is 3.49. The van der Waals surface area contributed by atoms with Gasteiger partial charge in [0.05, 0.1) is 18.3 Å². The molecule has 1 heterocycles. The van der Waals surface area contributed by atoms with Crippen LogP contribution in [-0.4, -0.2) is 25.2 Å². The van der Waals surface area contributed by atoms with Crippen LogP contribution in [0.4, 0.5) is 0 Å². The number of rotatable bonds is 6. The molecule has 0 aliphatic carbocycles. The van der Waals surface area contributed by atoms with E-state index in [1.54, 1.807) is 18.4 Å². The van der Waals surface area contributed by atoms with Crippen molar-refractivity contribution in [2.75, 3.05) is 20.3 Å². The Morgan fingerprint density at radius 3 is 2.67 bits per heavy atom. The number of ether oxygens (including phenoxy) is 1. The maximum atomic E-state index is 5.15. The summed E-state index contributed by atoms with van der Waals surface area (Å²) in [4.78, 5) is 5.99. The van der Waals surface area contributed by atoms with E-state index in [-0.39, 0.29) is 6.04 Å². The van der Waals surface area contributed by atoms with Gasteiger partial charge in [-0.25, -0.2) is 4.98 Å². The van der Waals surface area contributed by atoms with E-state index in [2.05, 4.69) is 60.2 Å². The van der Waals surface area contributed by atoms with Gasteiger partial charge in [-0.2, -0.15) is 0 Å². The van der Waals surface area contributed by atoms with Crippen LogP contribution in [0.25, 0.3) is 0 Å². The van der Waals surface area contributed by atoms with Gasteiger partial charge in [0.1, 0.15) is 5.01 Å². The van der Waals surface area contributed by atoms with Crippen LogP contribution in [0, 0.1) is 20.8 Å². The molecular weight excluding hydrogens is 348 g/mol. The van der Waals surface area contributed by atoms with Crippen LogP contribution in [0.2, 0.25) is 0 Å². The van der Waals surface area contributed by atoms with E-state index in [4.69, 9.17) is 9.72 Å². The highest BCUT2D eigenvalue weighted by molar-refractivity contribution is 9.10. The molecule has 2 aromatic rings. The van der Waals surface area contributed by atoms with E-state index in [1.165, 1.54) is 16.0 Å². The monoisotopic (exact) mass is 368 g/mol.